The number of benzene rings is 1. The van der Waals surface area contributed by atoms with Crippen LogP contribution in [-0.4, -0.2) is 36.5 Å². The summed E-state index contributed by atoms with van der Waals surface area (Å²) in [5.41, 5.74) is 0.0381. The highest BCUT2D eigenvalue weighted by Gasteiger charge is 2.20. The molecule has 0 aliphatic carbocycles. The van der Waals surface area contributed by atoms with E-state index in [1.807, 2.05) is 71.9 Å². The molecule has 0 saturated carbocycles. The third-order valence-corrected chi connectivity index (χ3v) is 3.24. The maximum absolute atomic E-state index is 11.9. The first-order chi connectivity index (χ1) is 11.9. The van der Waals surface area contributed by atoms with Gasteiger partial charge in [-0.25, -0.2) is 9.59 Å². The highest BCUT2D eigenvalue weighted by Crippen LogP contribution is 2.11. The van der Waals surface area contributed by atoms with Crippen LogP contribution in [0.1, 0.15) is 47.1 Å². The first kappa shape index (κ1) is 21.8. The summed E-state index contributed by atoms with van der Waals surface area (Å²) in [7, 11) is 0. The molecule has 6 nitrogen and oxygen atoms in total. The van der Waals surface area contributed by atoms with Gasteiger partial charge >= 0.3 is 12.2 Å². The zero-order chi connectivity index (χ0) is 19.8. The molecule has 2 amide bonds. The molecule has 0 bridgehead atoms. The molecular formula is C20H32N2O4. The van der Waals surface area contributed by atoms with E-state index in [2.05, 4.69) is 10.6 Å². The number of amides is 2. The lowest BCUT2D eigenvalue weighted by Gasteiger charge is -2.23. The molecule has 0 spiro atoms. The molecule has 0 saturated heterocycles. The van der Waals surface area contributed by atoms with Crippen molar-refractivity contribution in [1.82, 2.24) is 10.6 Å². The number of nitrogens with one attached hydrogen (secondary N) is 2. The van der Waals surface area contributed by atoms with Crippen LogP contribution in [0.15, 0.2) is 30.3 Å². The lowest BCUT2D eigenvalue weighted by molar-refractivity contribution is 0.0509. The molecule has 0 aromatic heterocycles. The SMILES string of the molecule is CC(C)(C)OC(=O)NCC(CNC(=O)OC(C)(C)C)Cc1ccccc1. The van der Waals surface area contributed by atoms with Gasteiger partial charge in [0, 0.05) is 13.1 Å². The van der Waals surface area contributed by atoms with Crippen molar-refractivity contribution in [3.63, 3.8) is 0 Å². The maximum Gasteiger partial charge on any atom is 0.407 e. The summed E-state index contributed by atoms with van der Waals surface area (Å²) in [6, 6.07) is 9.93. The molecule has 0 fully saturated rings. The van der Waals surface area contributed by atoms with E-state index in [0.717, 1.165) is 5.56 Å². The molecule has 0 aliphatic heterocycles. The van der Waals surface area contributed by atoms with E-state index < -0.39 is 23.4 Å². The van der Waals surface area contributed by atoms with Crippen LogP contribution in [0.4, 0.5) is 9.59 Å². The molecule has 0 radical (unpaired) electrons. The zero-order valence-electron chi connectivity index (χ0n) is 16.7. The molecule has 6 heteroatoms. The second-order valence-electron chi connectivity index (χ2n) is 8.32. The predicted octanol–water partition coefficient (Wildman–Crippen LogP) is 3.89. The van der Waals surface area contributed by atoms with Crippen molar-refractivity contribution < 1.29 is 19.1 Å². The van der Waals surface area contributed by atoms with E-state index in [-0.39, 0.29) is 5.92 Å². The Bertz CT molecular complexity index is 542. The fourth-order valence-corrected chi connectivity index (χ4v) is 2.25. The van der Waals surface area contributed by atoms with Crippen LogP contribution in [0.5, 0.6) is 0 Å². The molecule has 26 heavy (non-hydrogen) atoms. The summed E-state index contributed by atoms with van der Waals surface area (Å²) >= 11 is 0. The smallest absolute Gasteiger partial charge is 0.407 e. The van der Waals surface area contributed by atoms with E-state index in [4.69, 9.17) is 9.47 Å². The van der Waals surface area contributed by atoms with Crippen LogP contribution >= 0.6 is 0 Å². The second-order valence-corrected chi connectivity index (χ2v) is 8.32. The van der Waals surface area contributed by atoms with Crippen LogP contribution in [0.2, 0.25) is 0 Å². The van der Waals surface area contributed by atoms with Crippen molar-refractivity contribution in [3.05, 3.63) is 35.9 Å². The predicted molar refractivity (Wildman–Crippen MR) is 102 cm³/mol. The summed E-state index contributed by atoms with van der Waals surface area (Å²) in [5.74, 6) is 0.0115. The Hall–Kier alpha value is -2.24. The monoisotopic (exact) mass is 364 g/mol. The first-order valence-electron chi connectivity index (χ1n) is 8.92. The second kappa shape index (κ2) is 9.46. The van der Waals surface area contributed by atoms with E-state index >= 15 is 0 Å². The molecule has 0 aliphatic rings. The average molecular weight is 364 g/mol. The van der Waals surface area contributed by atoms with Gasteiger partial charge in [0.15, 0.2) is 0 Å². The lowest BCUT2D eigenvalue weighted by atomic mass is 9.99. The van der Waals surface area contributed by atoms with Gasteiger partial charge in [-0.3, -0.25) is 0 Å². The van der Waals surface area contributed by atoms with Crippen molar-refractivity contribution in [2.24, 2.45) is 5.92 Å². The molecule has 0 unspecified atom stereocenters. The highest BCUT2D eigenvalue weighted by molar-refractivity contribution is 5.68. The van der Waals surface area contributed by atoms with Crippen LogP contribution in [0, 0.1) is 5.92 Å². The molecule has 1 aromatic rings. The minimum absolute atomic E-state index is 0.0115. The quantitative estimate of drug-likeness (QED) is 0.803. The van der Waals surface area contributed by atoms with Gasteiger partial charge < -0.3 is 20.1 Å². The standard InChI is InChI=1S/C20H32N2O4/c1-19(2,3)25-17(23)21-13-16(12-15-10-8-7-9-11-15)14-22-18(24)26-20(4,5)6/h7-11,16H,12-14H2,1-6H3,(H,21,23)(H,22,24). The Morgan fingerprint density at radius 2 is 1.27 bits per heavy atom. The van der Waals surface area contributed by atoms with E-state index in [0.29, 0.717) is 19.5 Å². The van der Waals surface area contributed by atoms with E-state index in [1.54, 1.807) is 0 Å². The van der Waals surface area contributed by atoms with Crippen molar-refractivity contribution >= 4 is 12.2 Å². The Morgan fingerprint density at radius 1 is 0.846 bits per heavy atom. The van der Waals surface area contributed by atoms with E-state index in [1.165, 1.54) is 0 Å². The molecule has 1 aromatic carbocycles. The van der Waals surface area contributed by atoms with Gasteiger partial charge in [0.2, 0.25) is 0 Å². The third kappa shape index (κ3) is 10.6. The normalized spacial score (nSPS) is 11.8. The molecule has 0 heterocycles. The zero-order valence-corrected chi connectivity index (χ0v) is 16.7. The van der Waals surface area contributed by atoms with Crippen LogP contribution in [0.25, 0.3) is 0 Å². The number of alkyl carbamates (subject to hydrolysis) is 2. The fourth-order valence-electron chi connectivity index (χ4n) is 2.25. The molecule has 2 N–H and O–H groups in total. The maximum atomic E-state index is 11.9. The van der Waals surface area contributed by atoms with Gasteiger partial charge in [-0.2, -0.15) is 0 Å². The lowest BCUT2D eigenvalue weighted by Crippen LogP contribution is -2.41. The number of hydrogen-bond acceptors (Lipinski definition) is 4. The number of rotatable bonds is 6. The Balaban J connectivity index is 2.61. The highest BCUT2D eigenvalue weighted by atomic mass is 16.6. The summed E-state index contributed by atoms with van der Waals surface area (Å²) in [6.07, 6.45) is -0.215. The van der Waals surface area contributed by atoms with Crippen molar-refractivity contribution in [2.75, 3.05) is 13.1 Å². The van der Waals surface area contributed by atoms with Crippen LogP contribution in [0.3, 0.4) is 0 Å². The first-order valence-corrected chi connectivity index (χ1v) is 8.92. The van der Waals surface area contributed by atoms with Crippen molar-refractivity contribution in [2.45, 2.75) is 59.2 Å². The number of carbonyl (C=O) groups is 2. The van der Waals surface area contributed by atoms with Gasteiger partial charge in [0.1, 0.15) is 11.2 Å². The average Bonchev–Trinajstić information content (AvgIpc) is 2.47. The van der Waals surface area contributed by atoms with Gasteiger partial charge in [0.25, 0.3) is 0 Å². The molecule has 1 rings (SSSR count). The molecule has 0 atom stereocenters. The largest absolute Gasteiger partial charge is 0.444 e. The Morgan fingerprint density at radius 3 is 1.65 bits per heavy atom. The minimum atomic E-state index is -0.548. The van der Waals surface area contributed by atoms with Gasteiger partial charge in [-0.1, -0.05) is 30.3 Å². The Kier molecular flexibility index (Phi) is 7.93. The topological polar surface area (TPSA) is 76.7 Å². The summed E-state index contributed by atoms with van der Waals surface area (Å²) in [4.78, 5) is 23.8. The van der Waals surface area contributed by atoms with Crippen molar-refractivity contribution in [3.8, 4) is 0 Å². The van der Waals surface area contributed by atoms with Crippen molar-refractivity contribution in [1.29, 1.82) is 0 Å². The third-order valence-electron chi connectivity index (χ3n) is 3.24. The summed E-state index contributed by atoms with van der Waals surface area (Å²) in [5, 5.41) is 5.56. The van der Waals surface area contributed by atoms with Crippen LogP contribution < -0.4 is 10.6 Å². The van der Waals surface area contributed by atoms with Crippen LogP contribution in [-0.2, 0) is 15.9 Å². The fraction of sp³-hybridized carbons (Fsp3) is 0.600. The summed E-state index contributed by atoms with van der Waals surface area (Å²) in [6.45, 7) is 11.7. The molecule has 146 valence electrons. The molecular weight excluding hydrogens is 332 g/mol. The van der Waals surface area contributed by atoms with Gasteiger partial charge in [-0.15, -0.1) is 0 Å². The minimum Gasteiger partial charge on any atom is -0.444 e. The van der Waals surface area contributed by atoms with Gasteiger partial charge in [-0.05, 0) is 59.4 Å². The van der Waals surface area contributed by atoms with E-state index in [9.17, 15) is 9.59 Å². The summed E-state index contributed by atoms with van der Waals surface area (Å²) < 4.78 is 10.5. The number of carbonyl (C=O) groups excluding carboxylic acids is 2. The Labute approximate surface area is 156 Å². The number of ether oxygens (including phenoxy) is 2. The number of hydrogen-bond donors (Lipinski definition) is 2. The van der Waals surface area contributed by atoms with Gasteiger partial charge in [0.05, 0.1) is 0 Å².